The highest BCUT2D eigenvalue weighted by molar-refractivity contribution is 7.99. The van der Waals surface area contributed by atoms with Crippen LogP contribution < -0.4 is 4.90 Å². The van der Waals surface area contributed by atoms with Crippen LogP contribution in [0.4, 0.5) is 5.69 Å². The van der Waals surface area contributed by atoms with Gasteiger partial charge in [-0.15, -0.1) is 11.8 Å². The van der Waals surface area contributed by atoms with Gasteiger partial charge in [-0.3, -0.25) is 4.79 Å². The van der Waals surface area contributed by atoms with Crippen molar-refractivity contribution in [3.8, 4) is 0 Å². The molecule has 1 saturated heterocycles. The topological polar surface area (TPSA) is 23.6 Å². The number of likely N-dealkylation sites (tertiary alicyclic amines) is 1. The van der Waals surface area contributed by atoms with E-state index >= 15 is 0 Å². The van der Waals surface area contributed by atoms with E-state index in [4.69, 9.17) is 0 Å². The van der Waals surface area contributed by atoms with E-state index in [1.54, 1.807) is 11.3 Å². The lowest BCUT2D eigenvalue weighted by Gasteiger charge is -2.39. The van der Waals surface area contributed by atoms with E-state index in [1.807, 2.05) is 42.1 Å². The molecule has 2 aromatic rings. The molecule has 3 aliphatic rings. The number of thioether (sulfide) groups is 1. The number of ketones is 1. The van der Waals surface area contributed by atoms with Crippen LogP contribution in [0.15, 0.2) is 53.4 Å². The van der Waals surface area contributed by atoms with Gasteiger partial charge in [0.25, 0.3) is 0 Å². The first-order chi connectivity index (χ1) is 13.8. The number of rotatable bonds is 5. The highest BCUT2D eigenvalue weighted by Crippen LogP contribution is 2.50. The fraction of sp³-hybridized carbons (Fsp3) is 0.458. The first-order valence-electron chi connectivity index (χ1n) is 10.6. The largest absolute Gasteiger partial charge is 0.367 e. The SMILES string of the molecule is O=C(CCCN1CC[C@H]2C(C1)c1cccc3c1N2CCCS3)c1ccccc1. The third-order valence-corrected chi connectivity index (χ3v) is 7.69. The lowest BCUT2D eigenvalue weighted by Crippen LogP contribution is -2.46. The van der Waals surface area contributed by atoms with Gasteiger partial charge in [0.1, 0.15) is 0 Å². The Balaban J connectivity index is 1.23. The van der Waals surface area contributed by atoms with Crippen molar-refractivity contribution >= 4 is 23.2 Å². The molecule has 3 aliphatic heterocycles. The molecule has 146 valence electrons. The van der Waals surface area contributed by atoms with Gasteiger partial charge >= 0.3 is 0 Å². The molecule has 2 atom stereocenters. The van der Waals surface area contributed by atoms with E-state index in [0.29, 0.717) is 18.4 Å². The number of anilines is 1. The lowest BCUT2D eigenvalue weighted by molar-refractivity contribution is 0.0971. The molecule has 0 N–H and O–H groups in total. The Morgan fingerprint density at radius 1 is 1.07 bits per heavy atom. The summed E-state index contributed by atoms with van der Waals surface area (Å²) in [6.45, 7) is 4.55. The van der Waals surface area contributed by atoms with Gasteiger partial charge in [0, 0.05) is 48.5 Å². The van der Waals surface area contributed by atoms with Crippen molar-refractivity contribution in [2.45, 2.75) is 42.5 Å². The number of nitrogens with zero attached hydrogens (tertiary/aromatic N) is 2. The first-order valence-corrected chi connectivity index (χ1v) is 11.6. The number of piperidine rings is 1. The molecule has 0 saturated carbocycles. The highest BCUT2D eigenvalue weighted by Gasteiger charge is 2.43. The number of fused-ring (bicyclic) bond motifs is 3. The zero-order chi connectivity index (χ0) is 18.9. The summed E-state index contributed by atoms with van der Waals surface area (Å²) in [6, 6.07) is 17.3. The summed E-state index contributed by atoms with van der Waals surface area (Å²) in [5.41, 5.74) is 3.96. The van der Waals surface area contributed by atoms with Crippen LogP contribution in [-0.2, 0) is 0 Å². The van der Waals surface area contributed by atoms with Gasteiger partial charge in [0.15, 0.2) is 5.78 Å². The van der Waals surface area contributed by atoms with Gasteiger partial charge in [0.05, 0.1) is 5.69 Å². The van der Waals surface area contributed by atoms with Crippen LogP contribution in [0.1, 0.15) is 47.5 Å². The van der Waals surface area contributed by atoms with Gasteiger partial charge in [-0.25, -0.2) is 0 Å². The number of para-hydroxylation sites is 1. The van der Waals surface area contributed by atoms with E-state index in [-0.39, 0.29) is 5.78 Å². The quantitative estimate of drug-likeness (QED) is 0.681. The molecule has 3 nitrogen and oxygen atoms in total. The van der Waals surface area contributed by atoms with Gasteiger partial charge in [0.2, 0.25) is 0 Å². The van der Waals surface area contributed by atoms with Crippen LogP contribution in [0.2, 0.25) is 0 Å². The number of carbonyl (C=O) groups excluding carboxylic acids is 1. The number of benzene rings is 2. The standard InChI is InChI=1S/C24H28N2OS/c27-22(18-7-2-1-3-8-18)10-5-13-25-15-12-21-20(17-25)19-9-4-11-23-24(19)26(21)14-6-16-28-23/h1-4,7-9,11,20-21H,5-6,10,12-17H2/t20?,21-/m0/s1. The first kappa shape index (κ1) is 18.3. The molecule has 0 radical (unpaired) electrons. The van der Waals surface area contributed by atoms with Crippen molar-refractivity contribution < 1.29 is 4.79 Å². The predicted octanol–water partition coefficient (Wildman–Crippen LogP) is 4.82. The van der Waals surface area contributed by atoms with Gasteiger partial charge in [-0.2, -0.15) is 0 Å². The zero-order valence-corrected chi connectivity index (χ0v) is 17.2. The van der Waals surface area contributed by atoms with E-state index in [1.165, 1.54) is 30.0 Å². The minimum atomic E-state index is 0.275. The third-order valence-electron chi connectivity index (χ3n) is 6.55. The fourth-order valence-electron chi connectivity index (χ4n) is 5.24. The molecular weight excluding hydrogens is 364 g/mol. The Hall–Kier alpha value is -1.78. The molecule has 2 aromatic carbocycles. The van der Waals surface area contributed by atoms with E-state index < -0.39 is 0 Å². The zero-order valence-electron chi connectivity index (χ0n) is 16.3. The Morgan fingerprint density at radius 2 is 1.96 bits per heavy atom. The molecule has 0 aromatic heterocycles. The molecule has 3 heterocycles. The van der Waals surface area contributed by atoms with E-state index in [2.05, 4.69) is 28.0 Å². The number of Topliss-reactive ketones (excluding diaryl/α,β-unsaturated/α-hetero) is 1. The third kappa shape index (κ3) is 3.37. The summed E-state index contributed by atoms with van der Waals surface area (Å²) >= 11 is 2.04. The molecule has 0 bridgehead atoms. The Labute approximate surface area is 172 Å². The molecule has 1 fully saturated rings. The van der Waals surface area contributed by atoms with Crippen molar-refractivity contribution in [1.29, 1.82) is 0 Å². The summed E-state index contributed by atoms with van der Waals surface area (Å²) < 4.78 is 0. The van der Waals surface area contributed by atoms with Crippen molar-refractivity contribution in [3.05, 3.63) is 59.7 Å². The maximum atomic E-state index is 12.4. The molecular formula is C24H28N2OS. The van der Waals surface area contributed by atoms with Crippen molar-refractivity contribution in [1.82, 2.24) is 4.90 Å². The molecule has 4 heteroatoms. The van der Waals surface area contributed by atoms with E-state index in [0.717, 1.165) is 31.6 Å². The Bertz CT molecular complexity index is 853. The molecule has 0 aliphatic carbocycles. The normalized spacial score (nSPS) is 23.8. The second kappa shape index (κ2) is 7.92. The maximum Gasteiger partial charge on any atom is 0.162 e. The summed E-state index contributed by atoms with van der Waals surface area (Å²) in [5, 5.41) is 0. The van der Waals surface area contributed by atoms with Crippen LogP contribution in [0.5, 0.6) is 0 Å². The average Bonchev–Trinajstić information content (AvgIpc) is 2.90. The van der Waals surface area contributed by atoms with Crippen LogP contribution in [0, 0.1) is 0 Å². The number of hydrogen-bond acceptors (Lipinski definition) is 4. The highest BCUT2D eigenvalue weighted by atomic mass is 32.2. The summed E-state index contributed by atoms with van der Waals surface area (Å²) in [4.78, 5) is 19.2. The second-order valence-electron chi connectivity index (χ2n) is 8.25. The van der Waals surface area contributed by atoms with Crippen molar-refractivity contribution in [2.75, 3.05) is 36.8 Å². The minimum absolute atomic E-state index is 0.275. The molecule has 1 unspecified atom stereocenters. The molecule has 0 amide bonds. The van der Waals surface area contributed by atoms with Crippen LogP contribution >= 0.6 is 11.8 Å². The summed E-state index contributed by atoms with van der Waals surface area (Å²) in [5.74, 6) is 2.15. The molecule has 5 rings (SSSR count). The predicted molar refractivity (Wildman–Crippen MR) is 117 cm³/mol. The van der Waals surface area contributed by atoms with Crippen LogP contribution in [-0.4, -0.2) is 48.7 Å². The van der Waals surface area contributed by atoms with Crippen LogP contribution in [0.3, 0.4) is 0 Å². The van der Waals surface area contributed by atoms with Gasteiger partial charge < -0.3 is 9.80 Å². The van der Waals surface area contributed by atoms with Crippen LogP contribution in [0.25, 0.3) is 0 Å². The maximum absolute atomic E-state index is 12.4. The number of hydrogen-bond donors (Lipinski definition) is 0. The monoisotopic (exact) mass is 392 g/mol. The fourth-order valence-corrected chi connectivity index (χ4v) is 6.28. The summed E-state index contributed by atoms with van der Waals surface area (Å²) in [7, 11) is 0. The van der Waals surface area contributed by atoms with Gasteiger partial charge in [-0.05, 0) is 43.2 Å². The smallest absolute Gasteiger partial charge is 0.162 e. The molecule has 28 heavy (non-hydrogen) atoms. The Morgan fingerprint density at radius 3 is 2.86 bits per heavy atom. The van der Waals surface area contributed by atoms with Gasteiger partial charge in [-0.1, -0.05) is 42.5 Å². The van der Waals surface area contributed by atoms with E-state index in [9.17, 15) is 4.79 Å². The number of carbonyl (C=O) groups is 1. The lowest BCUT2D eigenvalue weighted by atomic mass is 9.89. The Kier molecular flexibility index (Phi) is 5.17. The summed E-state index contributed by atoms with van der Waals surface area (Å²) in [6.07, 6.45) is 4.14. The van der Waals surface area contributed by atoms with Crippen molar-refractivity contribution in [2.24, 2.45) is 0 Å². The molecule has 0 spiro atoms. The average molecular weight is 393 g/mol. The van der Waals surface area contributed by atoms with Crippen molar-refractivity contribution in [3.63, 3.8) is 0 Å². The second-order valence-corrected chi connectivity index (χ2v) is 9.38. The minimum Gasteiger partial charge on any atom is -0.367 e.